The highest BCUT2D eigenvalue weighted by atomic mass is 19.4. The van der Waals surface area contributed by atoms with Crippen LogP contribution in [-0.2, 0) is 6.42 Å². The van der Waals surface area contributed by atoms with E-state index >= 15 is 0 Å². The highest BCUT2D eigenvalue weighted by Crippen LogP contribution is 2.40. The molecule has 2 rings (SSSR count). The lowest BCUT2D eigenvalue weighted by atomic mass is 9.78. The summed E-state index contributed by atoms with van der Waals surface area (Å²) in [6.45, 7) is 4.02. The molecule has 1 saturated carbocycles. The molecule has 1 N–H and O–H groups in total. The number of benzene rings is 1. The molecule has 1 aromatic carbocycles. The van der Waals surface area contributed by atoms with Crippen LogP contribution in [0, 0.1) is 25.7 Å². The first-order valence-corrected chi connectivity index (χ1v) is 7.57. The van der Waals surface area contributed by atoms with Crippen molar-refractivity contribution in [3.05, 3.63) is 34.9 Å². The van der Waals surface area contributed by atoms with Gasteiger partial charge in [0.2, 0.25) is 0 Å². The monoisotopic (exact) mass is 300 g/mol. The third-order valence-electron chi connectivity index (χ3n) is 4.51. The first-order valence-electron chi connectivity index (χ1n) is 7.57. The minimum atomic E-state index is -4.08. The molecule has 0 heterocycles. The van der Waals surface area contributed by atoms with Gasteiger partial charge in [-0.15, -0.1) is 0 Å². The zero-order valence-electron chi connectivity index (χ0n) is 12.6. The molecule has 0 amide bonds. The van der Waals surface area contributed by atoms with Gasteiger partial charge in [0, 0.05) is 0 Å². The Bertz CT molecular complexity index is 453. The SMILES string of the molecule is Cc1cc(C)cc(CC(O)C2CCC(C(F)(F)F)CC2)c1. The zero-order valence-corrected chi connectivity index (χ0v) is 12.6. The van der Waals surface area contributed by atoms with Crippen LogP contribution in [0.4, 0.5) is 13.2 Å². The van der Waals surface area contributed by atoms with Crippen molar-refractivity contribution in [3.8, 4) is 0 Å². The Balaban J connectivity index is 1.91. The third-order valence-corrected chi connectivity index (χ3v) is 4.51. The van der Waals surface area contributed by atoms with E-state index in [9.17, 15) is 18.3 Å². The van der Waals surface area contributed by atoms with Gasteiger partial charge in [-0.25, -0.2) is 0 Å². The maximum atomic E-state index is 12.6. The van der Waals surface area contributed by atoms with Crippen molar-refractivity contribution in [3.63, 3.8) is 0 Å². The van der Waals surface area contributed by atoms with E-state index in [4.69, 9.17) is 0 Å². The number of rotatable bonds is 3. The average Bonchev–Trinajstić information content (AvgIpc) is 2.36. The minimum absolute atomic E-state index is 0.00980. The normalized spacial score (nSPS) is 24.9. The van der Waals surface area contributed by atoms with Crippen LogP contribution in [0.25, 0.3) is 0 Å². The maximum absolute atomic E-state index is 12.6. The Morgan fingerprint density at radius 2 is 1.57 bits per heavy atom. The summed E-state index contributed by atoms with van der Waals surface area (Å²) in [5.41, 5.74) is 3.37. The third kappa shape index (κ3) is 4.47. The van der Waals surface area contributed by atoms with Crippen molar-refractivity contribution in [1.82, 2.24) is 0 Å². The molecular weight excluding hydrogens is 277 g/mol. The fourth-order valence-corrected chi connectivity index (χ4v) is 3.43. The van der Waals surface area contributed by atoms with Crippen LogP contribution < -0.4 is 0 Å². The molecule has 1 fully saturated rings. The highest BCUT2D eigenvalue weighted by molar-refractivity contribution is 5.29. The maximum Gasteiger partial charge on any atom is 0.391 e. The zero-order chi connectivity index (χ0) is 15.6. The lowest BCUT2D eigenvalue weighted by Crippen LogP contribution is -2.32. The lowest BCUT2D eigenvalue weighted by Gasteiger charge is -2.32. The van der Waals surface area contributed by atoms with Crippen molar-refractivity contribution < 1.29 is 18.3 Å². The van der Waals surface area contributed by atoms with Crippen LogP contribution in [0.1, 0.15) is 42.4 Å². The molecule has 0 saturated heterocycles. The number of alkyl halides is 3. The summed E-state index contributed by atoms with van der Waals surface area (Å²) < 4.78 is 37.9. The Morgan fingerprint density at radius 3 is 2.05 bits per heavy atom. The first kappa shape index (κ1) is 16.3. The average molecular weight is 300 g/mol. The van der Waals surface area contributed by atoms with Crippen LogP contribution in [-0.4, -0.2) is 17.4 Å². The van der Waals surface area contributed by atoms with E-state index in [0.29, 0.717) is 19.3 Å². The van der Waals surface area contributed by atoms with Crippen LogP contribution in [0.5, 0.6) is 0 Å². The molecule has 1 aliphatic rings. The molecule has 1 nitrogen and oxygen atoms in total. The number of aliphatic hydroxyl groups excluding tert-OH is 1. The molecule has 0 radical (unpaired) electrons. The molecule has 0 spiro atoms. The molecule has 4 heteroatoms. The molecule has 0 bridgehead atoms. The largest absolute Gasteiger partial charge is 0.392 e. The molecule has 118 valence electrons. The fraction of sp³-hybridized carbons (Fsp3) is 0.647. The predicted octanol–water partition coefficient (Wildman–Crippen LogP) is 4.58. The Labute approximate surface area is 124 Å². The smallest absolute Gasteiger partial charge is 0.391 e. The number of hydrogen-bond acceptors (Lipinski definition) is 1. The molecule has 21 heavy (non-hydrogen) atoms. The molecule has 1 unspecified atom stereocenters. The molecule has 0 aromatic heterocycles. The summed E-state index contributed by atoms with van der Waals surface area (Å²) in [5.74, 6) is -1.19. The van der Waals surface area contributed by atoms with Gasteiger partial charge in [-0.3, -0.25) is 0 Å². The van der Waals surface area contributed by atoms with E-state index in [1.165, 1.54) is 0 Å². The minimum Gasteiger partial charge on any atom is -0.392 e. The van der Waals surface area contributed by atoms with Crippen LogP contribution >= 0.6 is 0 Å². The van der Waals surface area contributed by atoms with Gasteiger partial charge in [-0.05, 0) is 57.4 Å². The van der Waals surface area contributed by atoms with E-state index in [-0.39, 0.29) is 18.8 Å². The van der Waals surface area contributed by atoms with Crippen molar-refractivity contribution >= 4 is 0 Å². The number of halogens is 3. The number of hydrogen-bond donors (Lipinski definition) is 1. The summed E-state index contributed by atoms with van der Waals surface area (Å²) >= 11 is 0. The van der Waals surface area contributed by atoms with E-state index < -0.39 is 18.2 Å². The van der Waals surface area contributed by atoms with Crippen molar-refractivity contribution in [1.29, 1.82) is 0 Å². The highest BCUT2D eigenvalue weighted by Gasteiger charge is 2.42. The summed E-state index contributed by atoms with van der Waals surface area (Å²) in [7, 11) is 0. The molecule has 1 aliphatic carbocycles. The van der Waals surface area contributed by atoms with Crippen molar-refractivity contribution in [2.75, 3.05) is 0 Å². The van der Waals surface area contributed by atoms with E-state index in [1.54, 1.807) is 0 Å². The van der Waals surface area contributed by atoms with Crippen molar-refractivity contribution in [2.45, 2.75) is 58.2 Å². The Morgan fingerprint density at radius 1 is 1.05 bits per heavy atom. The summed E-state index contributed by atoms with van der Waals surface area (Å²) in [6.07, 6.45) is -2.85. The summed E-state index contributed by atoms with van der Waals surface area (Å²) in [6, 6.07) is 6.15. The van der Waals surface area contributed by atoms with Gasteiger partial charge in [0.15, 0.2) is 0 Å². The standard InChI is InChI=1S/C17H23F3O/c1-11-7-12(2)9-13(8-11)10-16(21)14-3-5-15(6-4-14)17(18,19)20/h7-9,14-16,21H,3-6,10H2,1-2H3. The first-order chi connectivity index (χ1) is 9.75. The molecule has 1 aromatic rings. The predicted molar refractivity (Wildman–Crippen MR) is 77.1 cm³/mol. The molecule has 0 aliphatic heterocycles. The molecule has 1 atom stereocenters. The van der Waals surface area contributed by atoms with Gasteiger partial charge < -0.3 is 5.11 Å². The van der Waals surface area contributed by atoms with Crippen LogP contribution in [0.2, 0.25) is 0 Å². The lowest BCUT2D eigenvalue weighted by molar-refractivity contribution is -0.185. The Kier molecular flexibility index (Phi) is 4.97. The summed E-state index contributed by atoms with van der Waals surface area (Å²) in [5, 5.41) is 10.3. The van der Waals surface area contributed by atoms with Gasteiger partial charge in [-0.1, -0.05) is 29.3 Å². The van der Waals surface area contributed by atoms with Crippen molar-refractivity contribution in [2.24, 2.45) is 11.8 Å². The quantitative estimate of drug-likeness (QED) is 0.866. The molecular formula is C17H23F3O. The number of aliphatic hydroxyl groups is 1. The van der Waals surface area contributed by atoms with Gasteiger partial charge in [0.1, 0.15) is 0 Å². The topological polar surface area (TPSA) is 20.2 Å². The second-order valence-electron chi connectivity index (χ2n) is 6.42. The Hall–Kier alpha value is -1.03. The van der Waals surface area contributed by atoms with E-state index in [0.717, 1.165) is 16.7 Å². The fourth-order valence-electron chi connectivity index (χ4n) is 3.43. The number of aryl methyl sites for hydroxylation is 2. The van der Waals surface area contributed by atoms with E-state index in [1.807, 2.05) is 26.0 Å². The second kappa shape index (κ2) is 6.39. The van der Waals surface area contributed by atoms with Crippen LogP contribution in [0.15, 0.2) is 18.2 Å². The van der Waals surface area contributed by atoms with Gasteiger partial charge in [-0.2, -0.15) is 13.2 Å². The van der Waals surface area contributed by atoms with E-state index in [2.05, 4.69) is 6.07 Å². The van der Waals surface area contributed by atoms with Gasteiger partial charge >= 0.3 is 6.18 Å². The second-order valence-corrected chi connectivity index (χ2v) is 6.42. The van der Waals surface area contributed by atoms with Gasteiger partial charge in [0.25, 0.3) is 0 Å². The summed E-state index contributed by atoms with van der Waals surface area (Å²) in [4.78, 5) is 0. The van der Waals surface area contributed by atoms with Gasteiger partial charge in [0.05, 0.1) is 12.0 Å². The van der Waals surface area contributed by atoms with Crippen LogP contribution in [0.3, 0.4) is 0 Å².